The molecule has 1 aliphatic heterocycles. The van der Waals surface area contributed by atoms with Crippen LogP contribution in [0.5, 0.6) is 0 Å². The van der Waals surface area contributed by atoms with Crippen molar-refractivity contribution in [2.24, 2.45) is 0 Å². The van der Waals surface area contributed by atoms with Crippen LogP contribution in [0.15, 0.2) is 18.2 Å². The average molecular weight is 488 g/mol. The third kappa shape index (κ3) is 5.41. The second-order valence-electron chi connectivity index (χ2n) is 7.18. The molecule has 1 saturated heterocycles. The molecule has 0 bridgehead atoms. The molecule has 0 saturated carbocycles. The van der Waals surface area contributed by atoms with Crippen LogP contribution in [0.4, 0.5) is 18.9 Å². The molecule has 1 aliphatic rings. The Morgan fingerprint density at radius 2 is 1.65 bits per heavy atom. The van der Waals surface area contributed by atoms with Gasteiger partial charge in [-0.1, -0.05) is 11.3 Å². The minimum atomic E-state index is -5.13. The standard InChI is InChI=1S/C19H19F3N4O8/c1-8(27)32-13-7-31-17(16(34-10(3)29)15(13)33-9(2)28)26-12-6-4-5-11(14(12)24-25-26)23-18(30)19(20,21)22/h4-6,13,15-17H,7H2,1-3H3,(H,23,30). The summed E-state index contributed by atoms with van der Waals surface area (Å²) in [6.45, 7) is 3.01. The van der Waals surface area contributed by atoms with E-state index >= 15 is 0 Å². The number of nitrogens with one attached hydrogen (secondary N) is 1. The number of hydrogen-bond acceptors (Lipinski definition) is 10. The number of anilines is 1. The van der Waals surface area contributed by atoms with E-state index in [4.69, 9.17) is 18.9 Å². The topological polar surface area (TPSA) is 148 Å². The van der Waals surface area contributed by atoms with Crippen LogP contribution >= 0.6 is 0 Å². The number of hydrogen-bond donors (Lipinski definition) is 1. The van der Waals surface area contributed by atoms with Gasteiger partial charge in [0.2, 0.25) is 0 Å². The van der Waals surface area contributed by atoms with E-state index in [1.807, 2.05) is 0 Å². The molecule has 4 unspecified atom stereocenters. The average Bonchev–Trinajstić information content (AvgIpc) is 3.13. The number of alkyl halides is 3. The van der Waals surface area contributed by atoms with Crippen molar-refractivity contribution in [3.8, 4) is 0 Å². The van der Waals surface area contributed by atoms with Gasteiger partial charge in [-0.05, 0) is 12.1 Å². The molecular formula is C19H19F3N4O8. The van der Waals surface area contributed by atoms with Gasteiger partial charge in [0.15, 0.2) is 24.5 Å². The maximum atomic E-state index is 12.7. The Balaban J connectivity index is 2.02. The summed E-state index contributed by atoms with van der Waals surface area (Å²) in [6, 6.07) is 3.95. The molecule has 3 rings (SSSR count). The van der Waals surface area contributed by atoms with Crippen molar-refractivity contribution >= 4 is 40.5 Å². The maximum Gasteiger partial charge on any atom is 0.471 e. The fourth-order valence-corrected chi connectivity index (χ4v) is 3.38. The zero-order valence-electron chi connectivity index (χ0n) is 18.0. The van der Waals surface area contributed by atoms with Crippen LogP contribution in [-0.2, 0) is 38.1 Å². The number of carbonyl (C=O) groups excluding carboxylic acids is 4. The summed E-state index contributed by atoms with van der Waals surface area (Å²) in [7, 11) is 0. The lowest BCUT2D eigenvalue weighted by atomic mass is 10.0. The van der Waals surface area contributed by atoms with Crippen molar-refractivity contribution in [1.82, 2.24) is 15.0 Å². The lowest BCUT2D eigenvalue weighted by Crippen LogP contribution is -2.55. The molecule has 1 fully saturated rings. The smallest absolute Gasteiger partial charge is 0.456 e. The van der Waals surface area contributed by atoms with Gasteiger partial charge in [-0.25, -0.2) is 4.68 Å². The van der Waals surface area contributed by atoms with Crippen LogP contribution in [0, 0.1) is 0 Å². The highest BCUT2D eigenvalue weighted by molar-refractivity contribution is 6.01. The first-order chi connectivity index (χ1) is 15.9. The molecule has 0 spiro atoms. The third-order valence-electron chi connectivity index (χ3n) is 4.57. The van der Waals surface area contributed by atoms with Gasteiger partial charge in [0.25, 0.3) is 0 Å². The fraction of sp³-hybridized carbons (Fsp3) is 0.474. The molecule has 2 heterocycles. The first-order valence-corrected chi connectivity index (χ1v) is 9.73. The van der Waals surface area contributed by atoms with Crippen LogP contribution in [0.25, 0.3) is 11.0 Å². The Morgan fingerprint density at radius 1 is 1.03 bits per heavy atom. The number of rotatable bonds is 5. The summed E-state index contributed by atoms with van der Waals surface area (Å²) in [6.07, 6.45) is -10.2. The lowest BCUT2D eigenvalue weighted by Gasteiger charge is -2.40. The molecule has 0 aliphatic carbocycles. The first-order valence-electron chi connectivity index (χ1n) is 9.73. The van der Waals surface area contributed by atoms with Gasteiger partial charge in [-0.3, -0.25) is 19.2 Å². The molecule has 4 atom stereocenters. The quantitative estimate of drug-likeness (QED) is 0.482. The Bertz CT molecular complexity index is 1120. The van der Waals surface area contributed by atoms with Gasteiger partial charge in [0.05, 0.1) is 17.8 Å². The summed E-state index contributed by atoms with van der Waals surface area (Å²) in [5.41, 5.74) is -0.286. The summed E-state index contributed by atoms with van der Waals surface area (Å²) < 4.78 is 60.5. The van der Waals surface area contributed by atoms with E-state index in [0.717, 1.165) is 25.5 Å². The second kappa shape index (κ2) is 9.62. The Kier molecular flexibility index (Phi) is 7.04. The van der Waals surface area contributed by atoms with Crippen molar-refractivity contribution < 1.29 is 51.3 Å². The van der Waals surface area contributed by atoms with Gasteiger partial charge in [-0.2, -0.15) is 13.2 Å². The summed E-state index contributed by atoms with van der Waals surface area (Å²) in [5.74, 6) is -4.47. The second-order valence-corrected chi connectivity index (χ2v) is 7.18. The highest BCUT2D eigenvalue weighted by Gasteiger charge is 2.48. The van der Waals surface area contributed by atoms with Crippen LogP contribution in [0.2, 0.25) is 0 Å². The Labute approximate surface area is 189 Å². The molecule has 34 heavy (non-hydrogen) atoms. The van der Waals surface area contributed by atoms with E-state index in [1.165, 1.54) is 18.2 Å². The van der Waals surface area contributed by atoms with E-state index in [0.29, 0.717) is 0 Å². The number of halogens is 3. The molecular weight excluding hydrogens is 469 g/mol. The zero-order valence-corrected chi connectivity index (χ0v) is 18.0. The lowest BCUT2D eigenvalue weighted by molar-refractivity contribution is -0.241. The van der Waals surface area contributed by atoms with Gasteiger partial charge in [0, 0.05) is 20.8 Å². The molecule has 2 aromatic rings. The van der Waals surface area contributed by atoms with Crippen molar-refractivity contribution in [3.05, 3.63) is 18.2 Å². The highest BCUT2D eigenvalue weighted by Crippen LogP contribution is 2.33. The normalized spacial score (nSPS) is 22.6. The molecule has 0 radical (unpaired) electrons. The number of carbonyl (C=O) groups is 4. The molecule has 1 amide bonds. The van der Waals surface area contributed by atoms with Gasteiger partial charge < -0.3 is 24.3 Å². The highest BCUT2D eigenvalue weighted by atomic mass is 19.4. The van der Waals surface area contributed by atoms with E-state index in [1.54, 1.807) is 5.32 Å². The van der Waals surface area contributed by atoms with Crippen LogP contribution in [0.3, 0.4) is 0 Å². The SMILES string of the molecule is CC(=O)OC1COC(n2nnc3c(NC(=O)C(F)(F)F)cccc32)C(OC(C)=O)C1OC(C)=O. The number of benzene rings is 1. The third-order valence-corrected chi connectivity index (χ3v) is 4.57. The van der Waals surface area contributed by atoms with E-state index in [2.05, 4.69) is 10.3 Å². The first kappa shape index (κ1) is 24.9. The van der Waals surface area contributed by atoms with Gasteiger partial charge >= 0.3 is 30.0 Å². The van der Waals surface area contributed by atoms with Gasteiger partial charge in [0.1, 0.15) is 5.52 Å². The largest absolute Gasteiger partial charge is 0.471 e. The predicted octanol–water partition coefficient (Wildman–Crippen LogP) is 1.26. The number of ether oxygens (including phenoxy) is 4. The zero-order chi connectivity index (χ0) is 25.2. The number of amides is 1. The molecule has 184 valence electrons. The number of fused-ring (bicyclic) bond motifs is 1. The number of nitrogens with zero attached hydrogens (tertiary/aromatic N) is 3. The van der Waals surface area contributed by atoms with E-state index < -0.39 is 54.5 Å². The van der Waals surface area contributed by atoms with Gasteiger partial charge in [-0.15, -0.1) is 5.10 Å². The summed E-state index contributed by atoms with van der Waals surface area (Å²) in [4.78, 5) is 46.3. The molecule has 15 heteroatoms. The minimum Gasteiger partial charge on any atom is -0.456 e. The monoisotopic (exact) mass is 488 g/mol. The predicted molar refractivity (Wildman–Crippen MR) is 104 cm³/mol. The van der Waals surface area contributed by atoms with Crippen LogP contribution in [-0.4, -0.2) is 69.9 Å². The molecule has 12 nitrogen and oxygen atoms in total. The number of esters is 3. The number of aromatic nitrogens is 3. The van der Waals surface area contributed by atoms with E-state index in [-0.39, 0.29) is 23.3 Å². The summed E-state index contributed by atoms with van der Waals surface area (Å²) in [5, 5.41) is 9.40. The Hall–Kier alpha value is -3.75. The maximum absolute atomic E-state index is 12.7. The molecule has 1 aromatic carbocycles. The van der Waals surface area contributed by atoms with E-state index in [9.17, 15) is 32.3 Å². The van der Waals surface area contributed by atoms with Crippen LogP contribution in [0.1, 0.15) is 27.0 Å². The molecule has 1 N–H and O–H groups in total. The van der Waals surface area contributed by atoms with Crippen molar-refractivity contribution in [1.29, 1.82) is 0 Å². The minimum absolute atomic E-state index is 0.106. The Morgan fingerprint density at radius 3 is 2.24 bits per heavy atom. The van der Waals surface area contributed by atoms with Crippen molar-refractivity contribution in [3.63, 3.8) is 0 Å². The summed E-state index contributed by atoms with van der Waals surface area (Å²) >= 11 is 0. The van der Waals surface area contributed by atoms with Crippen molar-refractivity contribution in [2.75, 3.05) is 11.9 Å². The van der Waals surface area contributed by atoms with Crippen molar-refractivity contribution in [2.45, 2.75) is 51.5 Å². The van der Waals surface area contributed by atoms with Crippen LogP contribution < -0.4 is 5.32 Å². The molecule has 1 aromatic heterocycles. The fourth-order valence-electron chi connectivity index (χ4n) is 3.38.